The number of unbranched alkanes of at least 4 members (excludes halogenated alkanes) is 2. The van der Waals surface area contributed by atoms with E-state index in [4.69, 9.17) is 0 Å². The summed E-state index contributed by atoms with van der Waals surface area (Å²) in [6.45, 7) is 9.31. The second-order valence-corrected chi connectivity index (χ2v) is 10.3. The highest BCUT2D eigenvalue weighted by Crippen LogP contribution is 2.15. The second-order valence-electron chi connectivity index (χ2n) is 10.3. The Morgan fingerprint density at radius 1 is 0.919 bits per heavy atom. The Labute approximate surface area is 221 Å². The van der Waals surface area contributed by atoms with Gasteiger partial charge < -0.3 is 20.4 Å². The van der Waals surface area contributed by atoms with Crippen LogP contribution < -0.4 is 10.6 Å². The number of nitrogens with zero attached hydrogens (tertiary/aromatic N) is 2. The van der Waals surface area contributed by atoms with Gasteiger partial charge in [-0.3, -0.25) is 9.59 Å². The topological polar surface area (TPSA) is 81.8 Å². The number of benzene rings is 2. The number of piperazine rings is 1. The van der Waals surface area contributed by atoms with E-state index in [9.17, 15) is 14.4 Å². The van der Waals surface area contributed by atoms with Crippen LogP contribution >= 0.6 is 0 Å². The summed E-state index contributed by atoms with van der Waals surface area (Å²) in [5.74, 6) is -0.374. The SMILES string of the molecule is CCCCCc1ccc(C(=O)NC(Cc2ccccc2)C(=O)N2CCN(C(=O)NC(C)C)C(C)C2)cc1. The molecule has 0 aromatic heterocycles. The summed E-state index contributed by atoms with van der Waals surface area (Å²) in [5.41, 5.74) is 2.75. The molecule has 1 saturated heterocycles. The highest BCUT2D eigenvalue weighted by atomic mass is 16.2. The fraction of sp³-hybridized carbons (Fsp3) is 0.500. The summed E-state index contributed by atoms with van der Waals surface area (Å²) < 4.78 is 0. The van der Waals surface area contributed by atoms with E-state index >= 15 is 0 Å². The largest absolute Gasteiger partial charge is 0.340 e. The molecule has 7 nitrogen and oxygen atoms in total. The standard InChI is InChI=1S/C30H42N4O3/c1-5-6-8-11-24-14-16-26(17-15-24)28(35)32-27(20-25-12-9-7-10-13-25)29(36)33-18-19-34(23(4)21-33)30(37)31-22(2)3/h7,9-10,12-17,22-23,27H,5-6,8,11,18-21H2,1-4H3,(H,31,37)(H,32,35). The molecule has 4 amide bonds. The summed E-state index contributed by atoms with van der Waals surface area (Å²) in [4.78, 5) is 42.9. The van der Waals surface area contributed by atoms with Gasteiger partial charge in [0.1, 0.15) is 6.04 Å². The maximum atomic E-state index is 13.7. The van der Waals surface area contributed by atoms with Crippen LogP contribution in [0.3, 0.4) is 0 Å². The lowest BCUT2D eigenvalue weighted by Crippen LogP contribution is -2.61. The van der Waals surface area contributed by atoms with Gasteiger partial charge in [-0.1, -0.05) is 62.2 Å². The molecule has 1 fully saturated rings. The molecule has 1 aliphatic heterocycles. The van der Waals surface area contributed by atoms with E-state index in [2.05, 4.69) is 17.6 Å². The Balaban J connectivity index is 1.69. The fourth-order valence-corrected chi connectivity index (χ4v) is 4.70. The number of aryl methyl sites for hydroxylation is 1. The predicted octanol–water partition coefficient (Wildman–Crippen LogP) is 4.41. The molecule has 2 atom stereocenters. The first-order chi connectivity index (χ1) is 17.8. The highest BCUT2D eigenvalue weighted by molar-refractivity contribution is 5.97. The summed E-state index contributed by atoms with van der Waals surface area (Å²) in [6, 6.07) is 16.6. The van der Waals surface area contributed by atoms with Crippen LogP contribution in [0, 0.1) is 0 Å². The molecule has 2 unspecified atom stereocenters. The minimum absolute atomic E-state index is 0.0511. The zero-order valence-corrected chi connectivity index (χ0v) is 22.7. The maximum absolute atomic E-state index is 13.7. The zero-order chi connectivity index (χ0) is 26.8. The number of amides is 4. The van der Waals surface area contributed by atoms with Gasteiger partial charge in [0.2, 0.25) is 5.91 Å². The third kappa shape index (κ3) is 8.34. The van der Waals surface area contributed by atoms with E-state index in [1.807, 2.05) is 75.4 Å². The van der Waals surface area contributed by atoms with Crippen molar-refractivity contribution in [2.24, 2.45) is 0 Å². The molecular weight excluding hydrogens is 464 g/mol. The first-order valence-corrected chi connectivity index (χ1v) is 13.6. The quantitative estimate of drug-likeness (QED) is 0.469. The summed E-state index contributed by atoms with van der Waals surface area (Å²) in [6.07, 6.45) is 4.92. The normalized spacial score (nSPS) is 16.4. The van der Waals surface area contributed by atoms with Crippen molar-refractivity contribution in [1.29, 1.82) is 0 Å². The van der Waals surface area contributed by atoms with Crippen LogP contribution in [0.15, 0.2) is 54.6 Å². The van der Waals surface area contributed by atoms with Crippen LogP contribution in [0.4, 0.5) is 4.79 Å². The predicted molar refractivity (Wildman–Crippen MR) is 147 cm³/mol. The minimum Gasteiger partial charge on any atom is -0.340 e. The third-order valence-electron chi connectivity index (χ3n) is 6.78. The van der Waals surface area contributed by atoms with Crippen LogP contribution in [-0.2, 0) is 17.6 Å². The third-order valence-corrected chi connectivity index (χ3v) is 6.78. The Hall–Kier alpha value is -3.35. The van der Waals surface area contributed by atoms with Crippen LogP contribution in [0.1, 0.15) is 68.4 Å². The van der Waals surface area contributed by atoms with Gasteiger partial charge >= 0.3 is 6.03 Å². The molecule has 0 aliphatic carbocycles. The van der Waals surface area contributed by atoms with E-state index in [-0.39, 0.29) is 29.9 Å². The molecule has 0 saturated carbocycles. The average molecular weight is 507 g/mol. The smallest absolute Gasteiger partial charge is 0.317 e. The monoisotopic (exact) mass is 506 g/mol. The molecule has 200 valence electrons. The number of nitrogens with one attached hydrogen (secondary N) is 2. The lowest BCUT2D eigenvalue weighted by Gasteiger charge is -2.41. The van der Waals surface area contributed by atoms with Gasteiger partial charge in [0.15, 0.2) is 0 Å². The molecule has 3 rings (SSSR count). The van der Waals surface area contributed by atoms with Crippen molar-refractivity contribution in [1.82, 2.24) is 20.4 Å². The Morgan fingerprint density at radius 3 is 2.24 bits per heavy atom. The Morgan fingerprint density at radius 2 is 1.62 bits per heavy atom. The van der Waals surface area contributed by atoms with Crippen LogP contribution in [0.2, 0.25) is 0 Å². The number of hydrogen-bond donors (Lipinski definition) is 2. The van der Waals surface area contributed by atoms with Crippen molar-refractivity contribution in [3.05, 3.63) is 71.3 Å². The molecule has 7 heteroatoms. The number of carbonyl (C=O) groups is 3. The van der Waals surface area contributed by atoms with Crippen molar-refractivity contribution >= 4 is 17.8 Å². The van der Waals surface area contributed by atoms with Crippen molar-refractivity contribution in [2.45, 2.75) is 77.9 Å². The molecule has 1 heterocycles. The summed E-state index contributed by atoms with van der Waals surface area (Å²) in [5, 5.41) is 5.93. The van der Waals surface area contributed by atoms with E-state index < -0.39 is 6.04 Å². The van der Waals surface area contributed by atoms with Gasteiger partial charge in [0, 0.05) is 43.7 Å². The van der Waals surface area contributed by atoms with E-state index in [1.165, 1.54) is 18.4 Å². The number of rotatable bonds is 10. The van der Waals surface area contributed by atoms with Gasteiger partial charge in [-0.25, -0.2) is 4.79 Å². The molecule has 0 spiro atoms. The van der Waals surface area contributed by atoms with Crippen molar-refractivity contribution < 1.29 is 14.4 Å². The fourth-order valence-electron chi connectivity index (χ4n) is 4.70. The Bertz CT molecular complexity index is 1020. The molecule has 2 N–H and O–H groups in total. The minimum atomic E-state index is -0.692. The van der Waals surface area contributed by atoms with Crippen molar-refractivity contribution in [3.63, 3.8) is 0 Å². The second kappa shape index (κ2) is 13.8. The number of carbonyl (C=O) groups excluding carboxylic acids is 3. The lowest BCUT2D eigenvalue weighted by molar-refractivity contribution is -0.135. The maximum Gasteiger partial charge on any atom is 0.317 e. The van der Waals surface area contributed by atoms with E-state index in [1.54, 1.807) is 9.80 Å². The van der Waals surface area contributed by atoms with Crippen LogP contribution in [0.5, 0.6) is 0 Å². The first-order valence-electron chi connectivity index (χ1n) is 13.6. The van der Waals surface area contributed by atoms with Crippen molar-refractivity contribution in [3.8, 4) is 0 Å². The molecule has 2 aromatic carbocycles. The molecule has 0 radical (unpaired) electrons. The van der Waals surface area contributed by atoms with Gasteiger partial charge in [0.05, 0.1) is 0 Å². The number of urea groups is 1. The van der Waals surface area contributed by atoms with Gasteiger partial charge in [-0.2, -0.15) is 0 Å². The molecule has 2 aromatic rings. The highest BCUT2D eigenvalue weighted by Gasteiger charge is 2.33. The Kier molecular flexibility index (Phi) is 10.5. The van der Waals surface area contributed by atoms with Gasteiger partial charge in [-0.15, -0.1) is 0 Å². The van der Waals surface area contributed by atoms with Gasteiger partial charge in [0.25, 0.3) is 5.91 Å². The number of hydrogen-bond acceptors (Lipinski definition) is 3. The van der Waals surface area contributed by atoms with E-state index in [0.29, 0.717) is 31.6 Å². The molecule has 37 heavy (non-hydrogen) atoms. The van der Waals surface area contributed by atoms with E-state index in [0.717, 1.165) is 18.4 Å². The zero-order valence-electron chi connectivity index (χ0n) is 22.7. The molecular formula is C30H42N4O3. The first kappa shape index (κ1) is 28.2. The van der Waals surface area contributed by atoms with Crippen LogP contribution in [-0.4, -0.2) is 65.4 Å². The van der Waals surface area contributed by atoms with Crippen LogP contribution in [0.25, 0.3) is 0 Å². The lowest BCUT2D eigenvalue weighted by atomic mass is 10.0. The average Bonchev–Trinajstić information content (AvgIpc) is 2.88. The molecule has 0 bridgehead atoms. The molecule has 1 aliphatic rings. The van der Waals surface area contributed by atoms with Gasteiger partial charge in [-0.05, 0) is 56.9 Å². The van der Waals surface area contributed by atoms with Crippen molar-refractivity contribution in [2.75, 3.05) is 19.6 Å². The summed E-state index contributed by atoms with van der Waals surface area (Å²) >= 11 is 0. The summed E-state index contributed by atoms with van der Waals surface area (Å²) in [7, 11) is 0.